The van der Waals surface area contributed by atoms with Crippen molar-refractivity contribution in [1.29, 1.82) is 0 Å². The normalized spacial score (nSPS) is 17.2. The number of pyridine rings is 2. The van der Waals surface area contributed by atoms with Crippen LogP contribution in [0.4, 0.5) is 17.5 Å². The van der Waals surface area contributed by atoms with Crippen molar-refractivity contribution in [2.45, 2.75) is 18.9 Å². The van der Waals surface area contributed by atoms with Gasteiger partial charge in [-0.05, 0) is 63.8 Å². The minimum Gasteiger partial charge on any atom is -0.354 e. The van der Waals surface area contributed by atoms with Crippen LogP contribution in [0.3, 0.4) is 0 Å². The molecule has 0 aliphatic carbocycles. The van der Waals surface area contributed by atoms with Gasteiger partial charge in [0, 0.05) is 79.7 Å². The van der Waals surface area contributed by atoms with Gasteiger partial charge in [0.25, 0.3) is 5.91 Å². The van der Waals surface area contributed by atoms with Crippen LogP contribution in [0, 0.1) is 0 Å². The number of nitrogens with zero attached hydrogens (tertiary/aromatic N) is 8. The fraction of sp³-hybridized carbons (Fsp3) is 0.367. The molecule has 3 N–H and O–H groups in total. The number of aromatic amines is 1. The number of likely N-dealkylation sites (tertiary alicyclic amines) is 1. The number of piperazine rings is 1. The summed E-state index contributed by atoms with van der Waals surface area (Å²) in [5.74, 6) is 1.37. The summed E-state index contributed by atoms with van der Waals surface area (Å²) in [5, 5.41) is 11.9. The molecule has 0 aromatic carbocycles. The van der Waals surface area contributed by atoms with E-state index in [4.69, 9.17) is 4.98 Å². The monoisotopic (exact) mass is 565 g/mol. The predicted molar refractivity (Wildman–Crippen MR) is 163 cm³/mol. The molecule has 0 bridgehead atoms. The number of carbonyl (C=O) groups is 1. The number of anilines is 3. The highest BCUT2D eigenvalue weighted by Crippen LogP contribution is 2.30. The van der Waals surface area contributed by atoms with Crippen molar-refractivity contribution in [3.05, 3.63) is 60.8 Å². The second-order valence-electron chi connectivity index (χ2n) is 11.3. The first-order valence-electron chi connectivity index (χ1n) is 14.5. The molecule has 12 heteroatoms. The van der Waals surface area contributed by atoms with E-state index < -0.39 is 0 Å². The molecule has 2 saturated heterocycles. The van der Waals surface area contributed by atoms with Crippen molar-refractivity contribution in [1.82, 2.24) is 44.7 Å². The molecule has 216 valence electrons. The maximum atomic E-state index is 13.2. The number of likely N-dealkylation sites (N-methyl/N-ethyl adjacent to an activating group) is 1. The van der Waals surface area contributed by atoms with Crippen LogP contribution in [-0.2, 0) is 0 Å². The Morgan fingerprint density at radius 1 is 0.976 bits per heavy atom. The van der Waals surface area contributed by atoms with Crippen molar-refractivity contribution >= 4 is 39.9 Å². The van der Waals surface area contributed by atoms with E-state index in [1.165, 1.54) is 0 Å². The van der Waals surface area contributed by atoms with Gasteiger partial charge in [0.05, 0.1) is 17.3 Å². The molecule has 12 nitrogen and oxygen atoms in total. The first-order chi connectivity index (χ1) is 20.5. The number of piperidine rings is 1. The molecular weight excluding hydrogens is 530 g/mol. The van der Waals surface area contributed by atoms with Crippen molar-refractivity contribution in [2.75, 3.05) is 63.6 Å². The fourth-order valence-corrected chi connectivity index (χ4v) is 5.78. The van der Waals surface area contributed by atoms with Crippen molar-refractivity contribution in [3.8, 4) is 11.1 Å². The van der Waals surface area contributed by atoms with E-state index in [0.29, 0.717) is 11.5 Å². The lowest BCUT2D eigenvalue weighted by molar-refractivity contribution is 0.0918. The highest BCUT2D eigenvalue weighted by Gasteiger charge is 2.22. The Morgan fingerprint density at radius 2 is 1.79 bits per heavy atom. The first kappa shape index (κ1) is 26.4. The molecule has 7 rings (SSSR count). The maximum absolute atomic E-state index is 13.2. The summed E-state index contributed by atoms with van der Waals surface area (Å²) in [6.45, 7) is 5.94. The third-order valence-corrected chi connectivity index (χ3v) is 8.39. The van der Waals surface area contributed by atoms with Crippen LogP contribution < -0.4 is 15.5 Å². The Bertz CT molecular complexity index is 1730. The van der Waals surface area contributed by atoms with Crippen LogP contribution in [0.2, 0.25) is 0 Å². The summed E-state index contributed by atoms with van der Waals surface area (Å²) in [7, 11) is 4.26. The molecule has 0 atom stereocenters. The number of hydrogen-bond donors (Lipinski definition) is 3. The van der Waals surface area contributed by atoms with Crippen molar-refractivity contribution < 1.29 is 4.79 Å². The molecule has 2 aliphatic heterocycles. The number of hydrogen-bond acceptors (Lipinski definition) is 9. The predicted octanol–water partition coefficient (Wildman–Crippen LogP) is 2.99. The lowest BCUT2D eigenvalue weighted by Gasteiger charge is -2.33. The SMILES string of the molecule is CN1CCC(NC(=O)c2cnn3ccc(-c4c[nH]c5nc(Nc6ccnc(N7CCN(C)CC7)c6)ncc45)cc23)CC1. The van der Waals surface area contributed by atoms with E-state index in [1.807, 2.05) is 49.1 Å². The molecule has 5 aromatic heterocycles. The zero-order valence-electron chi connectivity index (χ0n) is 23.9. The summed E-state index contributed by atoms with van der Waals surface area (Å²) < 4.78 is 1.74. The van der Waals surface area contributed by atoms with Gasteiger partial charge in [-0.1, -0.05) is 0 Å². The molecule has 0 radical (unpaired) electrons. The molecule has 42 heavy (non-hydrogen) atoms. The molecule has 2 aliphatic rings. The molecule has 7 heterocycles. The summed E-state index contributed by atoms with van der Waals surface area (Å²) in [4.78, 5) is 37.3. The van der Waals surface area contributed by atoms with E-state index in [0.717, 1.165) is 91.3 Å². The van der Waals surface area contributed by atoms with Crippen LogP contribution in [-0.4, -0.2) is 105 Å². The second kappa shape index (κ2) is 11.0. The van der Waals surface area contributed by atoms with E-state index >= 15 is 0 Å². The zero-order valence-corrected chi connectivity index (χ0v) is 23.9. The quantitative estimate of drug-likeness (QED) is 0.285. The van der Waals surface area contributed by atoms with Crippen LogP contribution in [0.25, 0.3) is 27.7 Å². The Balaban J connectivity index is 1.10. The van der Waals surface area contributed by atoms with Crippen LogP contribution >= 0.6 is 0 Å². The van der Waals surface area contributed by atoms with E-state index in [2.05, 4.69) is 59.5 Å². The number of H-pyrrole nitrogens is 1. The fourth-order valence-electron chi connectivity index (χ4n) is 5.78. The highest BCUT2D eigenvalue weighted by molar-refractivity contribution is 6.02. The van der Waals surface area contributed by atoms with Crippen molar-refractivity contribution in [3.63, 3.8) is 0 Å². The third kappa shape index (κ3) is 5.26. The molecule has 0 unspecified atom stereocenters. The number of aromatic nitrogens is 6. The Hall–Kier alpha value is -4.55. The summed E-state index contributed by atoms with van der Waals surface area (Å²) in [5.41, 5.74) is 4.87. The topological polar surface area (TPSA) is 123 Å². The Kier molecular flexibility index (Phi) is 6.92. The maximum Gasteiger partial charge on any atom is 0.255 e. The van der Waals surface area contributed by atoms with Gasteiger partial charge < -0.3 is 30.3 Å². The van der Waals surface area contributed by atoms with Gasteiger partial charge in [0.15, 0.2) is 0 Å². The Labute approximate surface area is 243 Å². The average Bonchev–Trinajstić information content (AvgIpc) is 3.63. The first-order valence-corrected chi connectivity index (χ1v) is 14.5. The van der Waals surface area contributed by atoms with Gasteiger partial charge in [-0.2, -0.15) is 10.1 Å². The van der Waals surface area contributed by atoms with E-state index in [1.54, 1.807) is 10.7 Å². The summed E-state index contributed by atoms with van der Waals surface area (Å²) >= 11 is 0. The minimum atomic E-state index is -0.0819. The average molecular weight is 566 g/mol. The van der Waals surface area contributed by atoms with Gasteiger partial charge in [-0.25, -0.2) is 14.5 Å². The van der Waals surface area contributed by atoms with Crippen LogP contribution in [0.1, 0.15) is 23.2 Å². The van der Waals surface area contributed by atoms with E-state index in [-0.39, 0.29) is 11.9 Å². The molecule has 5 aromatic rings. The van der Waals surface area contributed by atoms with Gasteiger partial charge in [0.2, 0.25) is 5.95 Å². The van der Waals surface area contributed by atoms with Gasteiger partial charge in [0.1, 0.15) is 11.5 Å². The number of carbonyl (C=O) groups excluding carboxylic acids is 1. The van der Waals surface area contributed by atoms with E-state index in [9.17, 15) is 4.79 Å². The highest BCUT2D eigenvalue weighted by atomic mass is 16.1. The lowest BCUT2D eigenvalue weighted by atomic mass is 10.0. The zero-order chi connectivity index (χ0) is 28.6. The number of fused-ring (bicyclic) bond motifs is 2. The molecule has 0 saturated carbocycles. The summed E-state index contributed by atoms with van der Waals surface area (Å²) in [6.07, 6.45) is 11.0. The number of amides is 1. The van der Waals surface area contributed by atoms with Crippen LogP contribution in [0.15, 0.2) is 55.2 Å². The number of nitrogens with one attached hydrogen (secondary N) is 3. The second-order valence-corrected chi connectivity index (χ2v) is 11.3. The van der Waals surface area contributed by atoms with Crippen LogP contribution in [0.5, 0.6) is 0 Å². The standard InChI is InChI=1S/C30H35N11O/c1-38-8-5-21(6-9-38)35-29(42)25-19-34-41-10-4-20(15-26(25)41)23-17-32-28-24(23)18-33-30(37-28)36-22-3-7-31-27(16-22)40-13-11-39(2)12-14-40/h3-4,7,10,15-19,21H,5-6,8-9,11-14H2,1-2H3,(H,35,42)(H2,31,32,33,36,37). The van der Waals surface area contributed by atoms with Gasteiger partial charge in [-0.3, -0.25) is 4.79 Å². The van der Waals surface area contributed by atoms with Gasteiger partial charge >= 0.3 is 0 Å². The lowest BCUT2D eigenvalue weighted by Crippen LogP contribution is -2.44. The summed E-state index contributed by atoms with van der Waals surface area (Å²) in [6, 6.07) is 8.15. The smallest absolute Gasteiger partial charge is 0.255 e. The third-order valence-electron chi connectivity index (χ3n) is 8.39. The largest absolute Gasteiger partial charge is 0.354 e. The molecule has 1 amide bonds. The molecular formula is C30H35N11O. The van der Waals surface area contributed by atoms with Crippen molar-refractivity contribution in [2.24, 2.45) is 0 Å². The number of rotatable bonds is 6. The van der Waals surface area contributed by atoms with Gasteiger partial charge in [-0.15, -0.1) is 0 Å². The molecule has 2 fully saturated rings. The Morgan fingerprint density at radius 3 is 2.62 bits per heavy atom. The minimum absolute atomic E-state index is 0.0819. The molecule has 0 spiro atoms.